The van der Waals surface area contributed by atoms with E-state index in [1.165, 1.54) is 4.88 Å². The van der Waals surface area contributed by atoms with Crippen molar-refractivity contribution in [3.8, 4) is 11.4 Å². The van der Waals surface area contributed by atoms with Crippen molar-refractivity contribution in [1.29, 1.82) is 0 Å². The van der Waals surface area contributed by atoms with Gasteiger partial charge in [0.25, 0.3) is 0 Å². The highest BCUT2D eigenvalue weighted by molar-refractivity contribution is 7.10. The second-order valence-corrected chi connectivity index (χ2v) is 7.58. The molecule has 3 heterocycles. The van der Waals surface area contributed by atoms with Gasteiger partial charge in [-0.2, -0.15) is 16.3 Å². The van der Waals surface area contributed by atoms with Crippen molar-refractivity contribution in [1.82, 2.24) is 20.4 Å². The zero-order chi connectivity index (χ0) is 17.6. The lowest BCUT2D eigenvalue weighted by Gasteiger charge is -2.23. The Kier molecular flexibility index (Phi) is 5.95. The van der Waals surface area contributed by atoms with Crippen LogP contribution in [0.25, 0.3) is 11.4 Å². The molecule has 0 aromatic carbocycles. The van der Waals surface area contributed by atoms with Gasteiger partial charge in [0.05, 0.1) is 6.04 Å². The van der Waals surface area contributed by atoms with E-state index in [9.17, 15) is 4.79 Å². The van der Waals surface area contributed by atoms with Crippen LogP contribution in [0.5, 0.6) is 0 Å². The summed E-state index contributed by atoms with van der Waals surface area (Å²) >= 11 is 3.28. The normalized spacial score (nSPS) is 12.4. The first-order valence-corrected chi connectivity index (χ1v) is 9.77. The molecule has 1 atom stereocenters. The lowest BCUT2D eigenvalue weighted by molar-refractivity contribution is -0.121. The van der Waals surface area contributed by atoms with Crippen LogP contribution in [0, 0.1) is 0 Å². The second kappa shape index (κ2) is 8.37. The van der Waals surface area contributed by atoms with E-state index < -0.39 is 0 Å². The lowest BCUT2D eigenvalue weighted by atomic mass is 10.2. The van der Waals surface area contributed by atoms with Crippen LogP contribution in [0.2, 0.25) is 0 Å². The van der Waals surface area contributed by atoms with E-state index in [2.05, 4.69) is 26.4 Å². The van der Waals surface area contributed by atoms with Crippen molar-refractivity contribution >= 4 is 28.6 Å². The van der Waals surface area contributed by atoms with Gasteiger partial charge in [0.15, 0.2) is 0 Å². The van der Waals surface area contributed by atoms with Gasteiger partial charge in [0.2, 0.25) is 17.6 Å². The van der Waals surface area contributed by atoms with E-state index >= 15 is 0 Å². The summed E-state index contributed by atoms with van der Waals surface area (Å²) in [5.41, 5.74) is 0.939. The van der Waals surface area contributed by atoms with Crippen LogP contribution in [0.15, 0.2) is 38.9 Å². The fourth-order valence-corrected chi connectivity index (χ4v) is 3.96. The molecule has 1 amide bonds. The highest BCUT2D eigenvalue weighted by Crippen LogP contribution is 2.22. The van der Waals surface area contributed by atoms with Crippen molar-refractivity contribution in [3.05, 3.63) is 45.1 Å². The van der Waals surface area contributed by atoms with Gasteiger partial charge in [-0.15, -0.1) is 11.3 Å². The number of amides is 1. The SMILES string of the molecule is CN(C)[C@H](CNC(=O)CCc1nc(-c2ccsc2)no1)c1cccs1. The number of nitrogens with zero attached hydrogens (tertiary/aromatic N) is 3. The van der Waals surface area contributed by atoms with E-state index in [0.29, 0.717) is 31.1 Å². The molecule has 0 aliphatic heterocycles. The summed E-state index contributed by atoms with van der Waals surface area (Å²) in [7, 11) is 4.03. The van der Waals surface area contributed by atoms with E-state index in [-0.39, 0.29) is 11.9 Å². The smallest absolute Gasteiger partial charge is 0.227 e. The van der Waals surface area contributed by atoms with Gasteiger partial charge in [-0.05, 0) is 37.0 Å². The maximum Gasteiger partial charge on any atom is 0.227 e. The first-order chi connectivity index (χ1) is 12.1. The van der Waals surface area contributed by atoms with Crippen molar-refractivity contribution in [2.45, 2.75) is 18.9 Å². The number of aryl methyl sites for hydroxylation is 1. The first-order valence-electron chi connectivity index (χ1n) is 7.95. The minimum absolute atomic E-state index is 0.0151. The average molecular weight is 377 g/mol. The van der Waals surface area contributed by atoms with Gasteiger partial charge in [0.1, 0.15) is 0 Å². The molecule has 6 nitrogen and oxygen atoms in total. The Morgan fingerprint density at radius 2 is 2.24 bits per heavy atom. The van der Waals surface area contributed by atoms with Gasteiger partial charge in [-0.3, -0.25) is 4.79 Å². The molecular formula is C17H20N4O2S2. The van der Waals surface area contributed by atoms with E-state index in [0.717, 1.165) is 5.56 Å². The molecule has 0 saturated heterocycles. The number of carbonyl (C=O) groups is 1. The third-order valence-electron chi connectivity index (χ3n) is 3.80. The van der Waals surface area contributed by atoms with E-state index in [1.807, 2.05) is 42.4 Å². The van der Waals surface area contributed by atoms with Crippen LogP contribution in [-0.2, 0) is 11.2 Å². The van der Waals surface area contributed by atoms with Crippen LogP contribution in [0.4, 0.5) is 0 Å². The summed E-state index contributed by atoms with van der Waals surface area (Å²) in [5, 5.41) is 12.9. The van der Waals surface area contributed by atoms with Crippen LogP contribution in [0.1, 0.15) is 23.2 Å². The zero-order valence-corrected chi connectivity index (χ0v) is 15.8. The second-order valence-electron chi connectivity index (χ2n) is 5.82. The molecule has 0 fully saturated rings. The first kappa shape index (κ1) is 17.8. The summed E-state index contributed by atoms with van der Waals surface area (Å²) in [6, 6.07) is 6.24. The maximum atomic E-state index is 12.1. The number of thiophene rings is 2. The quantitative estimate of drug-likeness (QED) is 0.654. The lowest BCUT2D eigenvalue weighted by Crippen LogP contribution is -2.34. The third-order valence-corrected chi connectivity index (χ3v) is 5.46. The summed E-state index contributed by atoms with van der Waals surface area (Å²) in [4.78, 5) is 19.8. The summed E-state index contributed by atoms with van der Waals surface area (Å²) in [6.45, 7) is 0.580. The summed E-state index contributed by atoms with van der Waals surface area (Å²) < 4.78 is 5.22. The Morgan fingerprint density at radius 3 is 2.92 bits per heavy atom. The summed E-state index contributed by atoms with van der Waals surface area (Å²) in [6.07, 6.45) is 0.768. The Balaban J connectivity index is 1.48. The Hall–Kier alpha value is -2.03. The molecule has 3 aromatic heterocycles. The molecule has 0 radical (unpaired) electrons. The number of rotatable bonds is 8. The fraction of sp³-hybridized carbons (Fsp3) is 0.353. The predicted octanol–water partition coefficient (Wildman–Crippen LogP) is 3.21. The molecule has 8 heteroatoms. The average Bonchev–Trinajstić information content (AvgIpc) is 3.33. The van der Waals surface area contributed by atoms with Crippen LogP contribution in [0.3, 0.4) is 0 Å². The van der Waals surface area contributed by atoms with Gasteiger partial charge in [-0.1, -0.05) is 11.2 Å². The molecule has 0 unspecified atom stereocenters. The van der Waals surface area contributed by atoms with E-state index in [4.69, 9.17) is 4.52 Å². The van der Waals surface area contributed by atoms with Gasteiger partial charge >= 0.3 is 0 Å². The van der Waals surface area contributed by atoms with Crippen LogP contribution in [-0.4, -0.2) is 41.6 Å². The molecule has 132 valence electrons. The number of carbonyl (C=O) groups excluding carboxylic acids is 1. The number of hydrogen-bond donors (Lipinski definition) is 1. The van der Waals surface area contributed by atoms with E-state index in [1.54, 1.807) is 22.7 Å². The molecule has 25 heavy (non-hydrogen) atoms. The van der Waals surface area contributed by atoms with Crippen molar-refractivity contribution in [2.24, 2.45) is 0 Å². The zero-order valence-electron chi connectivity index (χ0n) is 14.1. The number of aromatic nitrogens is 2. The third kappa shape index (κ3) is 4.75. The Bertz CT molecular complexity index is 782. The van der Waals surface area contributed by atoms with Crippen LogP contribution < -0.4 is 5.32 Å². The maximum absolute atomic E-state index is 12.1. The van der Waals surface area contributed by atoms with Gasteiger partial charge in [-0.25, -0.2) is 0 Å². The molecule has 3 aromatic rings. The summed E-state index contributed by atoms with van der Waals surface area (Å²) in [5.74, 6) is 1.04. The molecular weight excluding hydrogens is 356 g/mol. The molecule has 0 bridgehead atoms. The van der Waals surface area contributed by atoms with Crippen molar-refractivity contribution in [3.63, 3.8) is 0 Å². The largest absolute Gasteiger partial charge is 0.354 e. The minimum atomic E-state index is -0.0151. The number of likely N-dealkylation sites (N-methyl/N-ethyl adjacent to an activating group) is 1. The molecule has 0 aliphatic carbocycles. The monoisotopic (exact) mass is 376 g/mol. The molecule has 0 saturated carbocycles. The fourth-order valence-electron chi connectivity index (χ4n) is 2.40. The highest BCUT2D eigenvalue weighted by Gasteiger charge is 2.17. The molecule has 3 rings (SSSR count). The number of nitrogens with one attached hydrogen (secondary N) is 1. The van der Waals surface area contributed by atoms with Gasteiger partial charge in [0, 0.05) is 35.2 Å². The Labute approximate surface area is 154 Å². The predicted molar refractivity (Wildman–Crippen MR) is 99.7 cm³/mol. The molecule has 0 spiro atoms. The van der Waals surface area contributed by atoms with Crippen LogP contribution >= 0.6 is 22.7 Å². The van der Waals surface area contributed by atoms with Gasteiger partial charge < -0.3 is 14.7 Å². The topological polar surface area (TPSA) is 71.3 Å². The number of hydrogen-bond acceptors (Lipinski definition) is 7. The highest BCUT2D eigenvalue weighted by atomic mass is 32.1. The molecule has 0 aliphatic rings. The standard InChI is InChI=1S/C17H20N4O2S2/c1-21(2)13(14-4-3-8-25-14)10-18-15(22)5-6-16-19-17(20-23-16)12-7-9-24-11-12/h3-4,7-9,11,13H,5-6,10H2,1-2H3,(H,18,22)/t13-/m1/s1. The molecule has 1 N–H and O–H groups in total. The van der Waals surface area contributed by atoms with Crippen molar-refractivity contribution in [2.75, 3.05) is 20.6 Å². The Morgan fingerprint density at radius 1 is 1.36 bits per heavy atom. The minimum Gasteiger partial charge on any atom is -0.354 e. The van der Waals surface area contributed by atoms with Crippen molar-refractivity contribution < 1.29 is 9.32 Å².